The first-order valence-corrected chi connectivity index (χ1v) is 7.90. The van der Waals surface area contributed by atoms with Crippen LogP contribution in [0, 0.1) is 0 Å². The lowest BCUT2D eigenvalue weighted by Gasteiger charge is -2.27. The van der Waals surface area contributed by atoms with Gasteiger partial charge in [-0.15, -0.1) is 0 Å². The molecule has 0 radical (unpaired) electrons. The fraction of sp³-hybridized carbons (Fsp3) is 0.438. The number of imidazole rings is 1. The Labute approximate surface area is 130 Å². The van der Waals surface area contributed by atoms with Gasteiger partial charge in [-0.1, -0.05) is 29.8 Å². The summed E-state index contributed by atoms with van der Waals surface area (Å²) in [6.45, 7) is 6.64. The monoisotopic (exact) mass is 304 g/mol. The van der Waals surface area contributed by atoms with Crippen molar-refractivity contribution in [3.63, 3.8) is 0 Å². The summed E-state index contributed by atoms with van der Waals surface area (Å²) < 4.78 is 2.20. The molecule has 0 bridgehead atoms. The quantitative estimate of drug-likeness (QED) is 0.921. The van der Waals surface area contributed by atoms with Gasteiger partial charge in [0, 0.05) is 43.3 Å². The summed E-state index contributed by atoms with van der Waals surface area (Å²) in [6.07, 6.45) is 4.93. The Kier molecular flexibility index (Phi) is 4.91. The molecule has 1 aliphatic rings. The van der Waals surface area contributed by atoms with E-state index >= 15 is 0 Å². The Morgan fingerprint density at radius 2 is 1.95 bits per heavy atom. The first kappa shape index (κ1) is 14.6. The zero-order valence-electron chi connectivity index (χ0n) is 12.1. The molecule has 1 aromatic heterocycles. The van der Waals surface area contributed by atoms with E-state index in [-0.39, 0.29) is 0 Å². The molecule has 0 atom stereocenters. The van der Waals surface area contributed by atoms with E-state index in [1.807, 2.05) is 36.8 Å². The molecule has 5 heteroatoms. The van der Waals surface area contributed by atoms with Crippen LogP contribution >= 0.6 is 11.6 Å². The molecular weight excluding hydrogens is 284 g/mol. The Balaban J connectivity index is 1.62. The number of aryl methyl sites for hydroxylation is 1. The van der Waals surface area contributed by atoms with Gasteiger partial charge in [-0.05, 0) is 19.0 Å². The van der Waals surface area contributed by atoms with Gasteiger partial charge in [0.2, 0.25) is 0 Å². The predicted octanol–water partition coefficient (Wildman–Crippen LogP) is 2.50. The van der Waals surface area contributed by atoms with Crippen molar-refractivity contribution in [1.29, 1.82) is 0 Å². The molecule has 112 valence electrons. The minimum atomic E-state index is 0.779. The van der Waals surface area contributed by atoms with E-state index in [1.54, 1.807) is 0 Å². The van der Waals surface area contributed by atoms with Gasteiger partial charge < -0.3 is 14.8 Å². The molecule has 1 saturated heterocycles. The number of halogens is 1. The highest BCUT2D eigenvalue weighted by molar-refractivity contribution is 6.33. The van der Waals surface area contributed by atoms with Crippen molar-refractivity contribution in [3.05, 3.63) is 41.8 Å². The van der Waals surface area contributed by atoms with Crippen molar-refractivity contribution in [2.45, 2.75) is 13.0 Å². The Morgan fingerprint density at radius 1 is 1.14 bits per heavy atom. The minimum Gasteiger partial charge on any atom is -0.331 e. The van der Waals surface area contributed by atoms with Crippen LogP contribution in [0.3, 0.4) is 0 Å². The second-order valence-corrected chi connectivity index (χ2v) is 5.80. The summed E-state index contributed by atoms with van der Waals surface area (Å²) in [5, 5.41) is 4.16. The highest BCUT2D eigenvalue weighted by atomic mass is 35.5. The lowest BCUT2D eigenvalue weighted by molar-refractivity contribution is 0.235. The fourth-order valence-corrected chi connectivity index (χ4v) is 3.02. The molecule has 21 heavy (non-hydrogen) atoms. The maximum Gasteiger partial charge on any atom is 0.0950 e. The molecular formula is C16H21ClN4. The molecule has 1 N–H and O–H groups in total. The van der Waals surface area contributed by atoms with Gasteiger partial charge in [-0.3, -0.25) is 0 Å². The Hall–Kier alpha value is -1.36. The topological polar surface area (TPSA) is 33.1 Å². The molecule has 0 aliphatic carbocycles. The molecule has 0 saturated carbocycles. The second kappa shape index (κ2) is 7.07. The Morgan fingerprint density at radius 3 is 2.76 bits per heavy atom. The maximum atomic E-state index is 6.29. The number of hydrogen-bond donors (Lipinski definition) is 1. The van der Waals surface area contributed by atoms with Crippen molar-refractivity contribution >= 4 is 11.6 Å². The van der Waals surface area contributed by atoms with Crippen LogP contribution < -0.4 is 5.32 Å². The molecule has 0 spiro atoms. The summed E-state index contributed by atoms with van der Waals surface area (Å²) in [7, 11) is 0. The molecule has 1 aromatic carbocycles. The number of piperazine rings is 1. The molecule has 1 aliphatic heterocycles. The third-order valence-corrected chi connectivity index (χ3v) is 4.27. The van der Waals surface area contributed by atoms with E-state index in [2.05, 4.69) is 19.8 Å². The molecule has 0 unspecified atom stereocenters. The van der Waals surface area contributed by atoms with E-state index in [1.165, 1.54) is 0 Å². The lowest BCUT2D eigenvalue weighted by atomic mass is 10.1. The highest BCUT2D eigenvalue weighted by Crippen LogP contribution is 2.27. The van der Waals surface area contributed by atoms with E-state index in [9.17, 15) is 0 Å². The SMILES string of the molecule is Clc1ccccc1-c1cncn1CCCN1CCNCC1. The summed E-state index contributed by atoms with van der Waals surface area (Å²) in [5.74, 6) is 0. The smallest absolute Gasteiger partial charge is 0.0950 e. The number of benzene rings is 1. The van der Waals surface area contributed by atoms with Crippen LogP contribution in [0.2, 0.25) is 5.02 Å². The average molecular weight is 305 g/mol. The van der Waals surface area contributed by atoms with Gasteiger partial charge in [0.1, 0.15) is 0 Å². The molecule has 2 heterocycles. The largest absolute Gasteiger partial charge is 0.331 e. The number of aromatic nitrogens is 2. The highest BCUT2D eigenvalue weighted by Gasteiger charge is 2.11. The second-order valence-electron chi connectivity index (χ2n) is 5.40. The third-order valence-electron chi connectivity index (χ3n) is 3.95. The zero-order chi connectivity index (χ0) is 14.5. The van der Waals surface area contributed by atoms with E-state index in [4.69, 9.17) is 11.6 Å². The van der Waals surface area contributed by atoms with Crippen LogP contribution in [0.1, 0.15) is 6.42 Å². The molecule has 1 fully saturated rings. The average Bonchev–Trinajstić information content (AvgIpc) is 2.97. The van der Waals surface area contributed by atoms with E-state index in [0.717, 1.165) is 62.0 Å². The van der Waals surface area contributed by atoms with Crippen molar-refractivity contribution < 1.29 is 0 Å². The lowest BCUT2D eigenvalue weighted by Crippen LogP contribution is -2.43. The maximum absolute atomic E-state index is 6.29. The predicted molar refractivity (Wildman–Crippen MR) is 86.6 cm³/mol. The van der Waals surface area contributed by atoms with E-state index in [0.29, 0.717) is 0 Å². The number of nitrogens with zero attached hydrogens (tertiary/aromatic N) is 3. The van der Waals surface area contributed by atoms with Crippen molar-refractivity contribution in [1.82, 2.24) is 19.8 Å². The normalized spacial score (nSPS) is 16.2. The number of nitrogens with one attached hydrogen (secondary N) is 1. The van der Waals surface area contributed by atoms with E-state index < -0.39 is 0 Å². The van der Waals surface area contributed by atoms with Gasteiger partial charge in [0.15, 0.2) is 0 Å². The van der Waals surface area contributed by atoms with Gasteiger partial charge in [-0.2, -0.15) is 0 Å². The molecule has 0 amide bonds. The summed E-state index contributed by atoms with van der Waals surface area (Å²) in [4.78, 5) is 6.80. The summed E-state index contributed by atoms with van der Waals surface area (Å²) in [6, 6.07) is 7.94. The van der Waals surface area contributed by atoms with Gasteiger partial charge in [-0.25, -0.2) is 4.98 Å². The summed E-state index contributed by atoms with van der Waals surface area (Å²) in [5.41, 5.74) is 2.15. The summed E-state index contributed by atoms with van der Waals surface area (Å²) >= 11 is 6.29. The first-order valence-electron chi connectivity index (χ1n) is 7.53. The minimum absolute atomic E-state index is 0.779. The third kappa shape index (κ3) is 3.64. The molecule has 4 nitrogen and oxygen atoms in total. The van der Waals surface area contributed by atoms with Crippen LogP contribution in [-0.2, 0) is 6.54 Å². The van der Waals surface area contributed by atoms with Crippen molar-refractivity contribution in [3.8, 4) is 11.3 Å². The number of rotatable bonds is 5. The molecule has 3 rings (SSSR count). The van der Waals surface area contributed by atoms with Gasteiger partial charge in [0.05, 0.1) is 18.2 Å². The first-order chi connectivity index (χ1) is 10.3. The van der Waals surface area contributed by atoms with Gasteiger partial charge >= 0.3 is 0 Å². The van der Waals surface area contributed by atoms with Crippen molar-refractivity contribution in [2.75, 3.05) is 32.7 Å². The van der Waals surface area contributed by atoms with Crippen LogP contribution in [-0.4, -0.2) is 47.2 Å². The van der Waals surface area contributed by atoms with Crippen LogP contribution in [0.15, 0.2) is 36.8 Å². The Bertz CT molecular complexity index is 575. The zero-order valence-corrected chi connectivity index (χ0v) is 12.9. The van der Waals surface area contributed by atoms with Crippen LogP contribution in [0.4, 0.5) is 0 Å². The molecule has 2 aromatic rings. The fourth-order valence-electron chi connectivity index (χ4n) is 2.79. The van der Waals surface area contributed by atoms with Gasteiger partial charge in [0.25, 0.3) is 0 Å². The van der Waals surface area contributed by atoms with Crippen LogP contribution in [0.25, 0.3) is 11.3 Å². The standard InChI is InChI=1S/C16H21ClN4/c17-15-5-2-1-4-14(15)16-12-19-13-21(16)9-3-8-20-10-6-18-7-11-20/h1-2,4-5,12-13,18H,3,6-11H2. The van der Waals surface area contributed by atoms with Crippen molar-refractivity contribution in [2.24, 2.45) is 0 Å². The number of hydrogen-bond acceptors (Lipinski definition) is 3. The van der Waals surface area contributed by atoms with Crippen LogP contribution in [0.5, 0.6) is 0 Å².